The number of rotatable bonds is 4. The van der Waals surface area contributed by atoms with Crippen molar-refractivity contribution in [2.24, 2.45) is 0 Å². The Morgan fingerprint density at radius 1 is 1.30 bits per heavy atom. The van der Waals surface area contributed by atoms with Gasteiger partial charge in [0.2, 0.25) is 5.91 Å². The maximum absolute atomic E-state index is 12.1. The SMILES string of the molecule is O=C(CCc1ccsc1)NC1CCCc2ccccc21. The topological polar surface area (TPSA) is 29.1 Å². The number of thiophene rings is 1. The lowest BCUT2D eigenvalue weighted by Crippen LogP contribution is -2.31. The molecule has 0 fully saturated rings. The van der Waals surface area contributed by atoms with E-state index in [2.05, 4.69) is 46.4 Å². The fourth-order valence-corrected chi connectivity index (χ4v) is 3.57. The first-order valence-electron chi connectivity index (χ1n) is 7.21. The minimum absolute atomic E-state index is 0.165. The van der Waals surface area contributed by atoms with E-state index in [1.54, 1.807) is 11.3 Å². The Kier molecular flexibility index (Phi) is 4.16. The molecule has 2 aromatic rings. The molecule has 2 nitrogen and oxygen atoms in total. The van der Waals surface area contributed by atoms with Crippen LogP contribution in [0.2, 0.25) is 0 Å². The van der Waals surface area contributed by atoms with Crippen molar-refractivity contribution in [2.45, 2.75) is 38.1 Å². The van der Waals surface area contributed by atoms with Gasteiger partial charge in [-0.1, -0.05) is 24.3 Å². The molecule has 0 saturated heterocycles. The summed E-state index contributed by atoms with van der Waals surface area (Å²) in [5.74, 6) is 0.165. The first-order chi connectivity index (χ1) is 9.83. The Morgan fingerprint density at radius 3 is 3.05 bits per heavy atom. The highest BCUT2D eigenvalue weighted by Gasteiger charge is 2.20. The molecule has 0 radical (unpaired) electrons. The maximum atomic E-state index is 12.1. The largest absolute Gasteiger partial charge is 0.349 e. The van der Waals surface area contributed by atoms with Crippen LogP contribution in [0.4, 0.5) is 0 Å². The zero-order valence-electron chi connectivity index (χ0n) is 11.5. The molecule has 1 aromatic carbocycles. The third-order valence-corrected chi connectivity index (χ3v) is 4.66. The van der Waals surface area contributed by atoms with Crippen molar-refractivity contribution in [1.29, 1.82) is 0 Å². The molecular weight excluding hydrogens is 266 g/mol. The number of benzene rings is 1. The molecule has 1 unspecified atom stereocenters. The van der Waals surface area contributed by atoms with Crippen LogP contribution >= 0.6 is 11.3 Å². The fraction of sp³-hybridized carbons (Fsp3) is 0.353. The van der Waals surface area contributed by atoms with E-state index >= 15 is 0 Å². The van der Waals surface area contributed by atoms with E-state index in [1.165, 1.54) is 16.7 Å². The summed E-state index contributed by atoms with van der Waals surface area (Å²) in [5, 5.41) is 7.38. The second kappa shape index (κ2) is 6.23. The first kappa shape index (κ1) is 13.4. The average Bonchev–Trinajstić information content (AvgIpc) is 2.99. The molecular formula is C17H19NOS. The van der Waals surface area contributed by atoms with Crippen molar-refractivity contribution in [1.82, 2.24) is 5.32 Å². The summed E-state index contributed by atoms with van der Waals surface area (Å²) in [4.78, 5) is 12.1. The maximum Gasteiger partial charge on any atom is 0.220 e. The van der Waals surface area contributed by atoms with Crippen LogP contribution in [0.25, 0.3) is 0 Å². The Morgan fingerprint density at radius 2 is 2.20 bits per heavy atom. The molecule has 3 heteroatoms. The van der Waals surface area contributed by atoms with Crippen LogP contribution in [0.5, 0.6) is 0 Å². The molecule has 20 heavy (non-hydrogen) atoms. The van der Waals surface area contributed by atoms with Crippen LogP contribution in [0.3, 0.4) is 0 Å². The van der Waals surface area contributed by atoms with Gasteiger partial charge in [0, 0.05) is 6.42 Å². The summed E-state index contributed by atoms with van der Waals surface area (Å²) >= 11 is 1.69. The predicted molar refractivity (Wildman–Crippen MR) is 82.9 cm³/mol. The second-order valence-corrected chi connectivity index (χ2v) is 6.12. The number of amides is 1. The number of carbonyl (C=O) groups is 1. The monoisotopic (exact) mass is 285 g/mol. The van der Waals surface area contributed by atoms with E-state index < -0.39 is 0 Å². The number of hydrogen-bond acceptors (Lipinski definition) is 2. The third kappa shape index (κ3) is 3.10. The van der Waals surface area contributed by atoms with Gasteiger partial charge < -0.3 is 5.32 Å². The van der Waals surface area contributed by atoms with Crippen LogP contribution in [-0.2, 0) is 17.6 Å². The lowest BCUT2D eigenvalue weighted by atomic mass is 9.87. The summed E-state index contributed by atoms with van der Waals surface area (Å²) in [6.07, 6.45) is 4.77. The molecule has 1 aliphatic rings. The summed E-state index contributed by atoms with van der Waals surface area (Å²) in [7, 11) is 0. The zero-order valence-corrected chi connectivity index (χ0v) is 12.3. The highest BCUT2D eigenvalue weighted by atomic mass is 32.1. The quantitative estimate of drug-likeness (QED) is 0.907. The van der Waals surface area contributed by atoms with Gasteiger partial charge in [-0.3, -0.25) is 4.79 Å². The van der Waals surface area contributed by atoms with Crippen LogP contribution in [-0.4, -0.2) is 5.91 Å². The molecule has 0 aliphatic heterocycles. The molecule has 1 N–H and O–H groups in total. The molecule has 104 valence electrons. The van der Waals surface area contributed by atoms with E-state index in [0.717, 1.165) is 25.7 Å². The number of fused-ring (bicyclic) bond motifs is 1. The molecule has 1 atom stereocenters. The van der Waals surface area contributed by atoms with Crippen LogP contribution in [0.15, 0.2) is 41.1 Å². The summed E-state index contributed by atoms with van der Waals surface area (Å²) in [6.45, 7) is 0. The highest BCUT2D eigenvalue weighted by Crippen LogP contribution is 2.29. The lowest BCUT2D eigenvalue weighted by Gasteiger charge is -2.26. The van der Waals surface area contributed by atoms with E-state index in [-0.39, 0.29) is 11.9 Å². The van der Waals surface area contributed by atoms with Gasteiger partial charge in [-0.15, -0.1) is 0 Å². The van der Waals surface area contributed by atoms with Gasteiger partial charge in [0.15, 0.2) is 0 Å². The van der Waals surface area contributed by atoms with Gasteiger partial charge >= 0.3 is 0 Å². The zero-order chi connectivity index (χ0) is 13.8. The number of nitrogens with one attached hydrogen (secondary N) is 1. The van der Waals surface area contributed by atoms with Crippen molar-refractivity contribution >= 4 is 17.2 Å². The van der Waals surface area contributed by atoms with E-state index in [1.807, 2.05) is 0 Å². The minimum atomic E-state index is 0.165. The van der Waals surface area contributed by atoms with Crippen molar-refractivity contribution in [2.75, 3.05) is 0 Å². The average molecular weight is 285 g/mol. The molecule has 1 aromatic heterocycles. The fourth-order valence-electron chi connectivity index (χ4n) is 2.86. The molecule has 3 rings (SSSR count). The Balaban J connectivity index is 1.59. The van der Waals surface area contributed by atoms with E-state index in [4.69, 9.17) is 0 Å². The van der Waals surface area contributed by atoms with E-state index in [9.17, 15) is 4.79 Å². The number of aryl methyl sites for hydroxylation is 2. The van der Waals surface area contributed by atoms with Crippen molar-refractivity contribution in [3.05, 3.63) is 57.8 Å². The minimum Gasteiger partial charge on any atom is -0.349 e. The normalized spacial score (nSPS) is 17.5. The van der Waals surface area contributed by atoms with E-state index in [0.29, 0.717) is 6.42 Å². The molecule has 0 saturated carbocycles. The molecule has 0 spiro atoms. The summed E-state index contributed by atoms with van der Waals surface area (Å²) in [5.41, 5.74) is 3.96. The van der Waals surface area contributed by atoms with Crippen LogP contribution < -0.4 is 5.32 Å². The standard InChI is InChI=1S/C17H19NOS/c19-17(9-8-13-10-11-20-12-13)18-16-7-3-5-14-4-1-2-6-15(14)16/h1-2,4,6,10-12,16H,3,5,7-9H2,(H,18,19). The van der Waals surface area contributed by atoms with Crippen molar-refractivity contribution in [3.63, 3.8) is 0 Å². The van der Waals surface area contributed by atoms with Crippen LogP contribution in [0.1, 0.15) is 42.0 Å². The van der Waals surface area contributed by atoms with Crippen molar-refractivity contribution < 1.29 is 4.79 Å². The Bertz CT molecular complexity index is 576. The van der Waals surface area contributed by atoms with Crippen molar-refractivity contribution in [3.8, 4) is 0 Å². The van der Waals surface area contributed by atoms with Gasteiger partial charge in [-0.05, 0) is 59.2 Å². The van der Waals surface area contributed by atoms with Gasteiger partial charge in [-0.25, -0.2) is 0 Å². The highest BCUT2D eigenvalue weighted by molar-refractivity contribution is 7.07. The van der Waals surface area contributed by atoms with Crippen LogP contribution in [0, 0.1) is 0 Å². The predicted octanol–water partition coefficient (Wildman–Crippen LogP) is 3.87. The summed E-state index contributed by atoms with van der Waals surface area (Å²) in [6, 6.07) is 10.8. The third-order valence-electron chi connectivity index (χ3n) is 3.93. The number of hydrogen-bond donors (Lipinski definition) is 1. The lowest BCUT2D eigenvalue weighted by molar-refractivity contribution is -0.121. The van der Waals surface area contributed by atoms with Gasteiger partial charge in [0.25, 0.3) is 0 Å². The molecule has 0 bridgehead atoms. The van der Waals surface area contributed by atoms with Gasteiger partial charge in [0.1, 0.15) is 0 Å². The van der Waals surface area contributed by atoms with Gasteiger partial charge in [0.05, 0.1) is 6.04 Å². The molecule has 1 aliphatic carbocycles. The number of carbonyl (C=O) groups excluding carboxylic acids is 1. The van der Waals surface area contributed by atoms with Gasteiger partial charge in [-0.2, -0.15) is 11.3 Å². The Labute approximate surface area is 123 Å². The smallest absolute Gasteiger partial charge is 0.220 e. The molecule has 1 heterocycles. The summed E-state index contributed by atoms with van der Waals surface area (Å²) < 4.78 is 0. The molecule has 1 amide bonds. The first-order valence-corrected chi connectivity index (χ1v) is 8.15. The Hall–Kier alpha value is -1.61. The second-order valence-electron chi connectivity index (χ2n) is 5.34.